The van der Waals surface area contributed by atoms with Crippen LogP contribution in [0.4, 0.5) is 0 Å². The first-order valence-corrected chi connectivity index (χ1v) is 7.57. The van der Waals surface area contributed by atoms with Crippen molar-refractivity contribution in [1.29, 1.82) is 5.26 Å². The summed E-state index contributed by atoms with van der Waals surface area (Å²) in [4.78, 5) is 0.188. The first kappa shape index (κ1) is 15.6. The molecule has 1 unspecified atom stereocenters. The molecule has 6 heteroatoms. The summed E-state index contributed by atoms with van der Waals surface area (Å²) in [6, 6.07) is 8.02. The Morgan fingerprint density at radius 2 is 1.89 bits per heavy atom. The molecule has 3 N–H and O–H groups in total. The molecule has 19 heavy (non-hydrogen) atoms. The number of rotatable bonds is 6. The predicted molar refractivity (Wildman–Crippen MR) is 73.8 cm³/mol. The van der Waals surface area contributed by atoms with E-state index in [-0.39, 0.29) is 29.8 Å². The third-order valence-corrected chi connectivity index (χ3v) is 4.39. The lowest BCUT2D eigenvalue weighted by molar-refractivity contribution is 0.455. The van der Waals surface area contributed by atoms with Gasteiger partial charge in [-0.25, -0.2) is 13.1 Å². The molecular weight excluding hydrogens is 262 g/mol. The molecule has 0 radical (unpaired) electrons. The molecule has 0 amide bonds. The van der Waals surface area contributed by atoms with Crippen molar-refractivity contribution in [2.75, 3.05) is 6.54 Å². The maximum absolute atomic E-state index is 12.1. The van der Waals surface area contributed by atoms with Crippen molar-refractivity contribution < 1.29 is 8.42 Å². The second kappa shape index (κ2) is 6.66. The van der Waals surface area contributed by atoms with Gasteiger partial charge in [-0.15, -0.1) is 0 Å². The quantitative estimate of drug-likeness (QED) is 0.813. The van der Waals surface area contributed by atoms with Gasteiger partial charge < -0.3 is 5.73 Å². The average molecular weight is 281 g/mol. The smallest absolute Gasteiger partial charge is 0.240 e. The summed E-state index contributed by atoms with van der Waals surface area (Å²) in [5.74, 6) is 0.123. The SMILES string of the molecule is CC(C)C(CN)NS(=O)(=O)c1ccc(CC#N)cc1. The summed E-state index contributed by atoms with van der Waals surface area (Å²) in [7, 11) is -3.56. The summed E-state index contributed by atoms with van der Waals surface area (Å²) >= 11 is 0. The molecule has 0 saturated heterocycles. The van der Waals surface area contributed by atoms with Crippen molar-refractivity contribution in [3.63, 3.8) is 0 Å². The Morgan fingerprint density at radius 1 is 1.32 bits per heavy atom. The Morgan fingerprint density at radius 3 is 2.32 bits per heavy atom. The highest BCUT2D eigenvalue weighted by Gasteiger charge is 2.21. The zero-order chi connectivity index (χ0) is 14.5. The van der Waals surface area contributed by atoms with Crippen molar-refractivity contribution in [3.8, 4) is 6.07 Å². The van der Waals surface area contributed by atoms with Crippen LogP contribution in [0.2, 0.25) is 0 Å². The van der Waals surface area contributed by atoms with Gasteiger partial charge in [-0.1, -0.05) is 26.0 Å². The highest BCUT2D eigenvalue weighted by Crippen LogP contribution is 2.13. The normalized spacial score (nSPS) is 13.2. The monoisotopic (exact) mass is 281 g/mol. The van der Waals surface area contributed by atoms with Crippen LogP contribution in [0, 0.1) is 17.2 Å². The molecule has 1 aromatic rings. The van der Waals surface area contributed by atoms with E-state index in [2.05, 4.69) is 4.72 Å². The molecule has 0 aliphatic heterocycles. The van der Waals surface area contributed by atoms with E-state index in [1.165, 1.54) is 12.1 Å². The van der Waals surface area contributed by atoms with Crippen LogP contribution in [0.15, 0.2) is 29.2 Å². The van der Waals surface area contributed by atoms with Crippen molar-refractivity contribution in [2.24, 2.45) is 11.7 Å². The topological polar surface area (TPSA) is 96.0 Å². The number of hydrogen-bond acceptors (Lipinski definition) is 4. The summed E-state index contributed by atoms with van der Waals surface area (Å²) in [5.41, 5.74) is 6.35. The van der Waals surface area contributed by atoms with Crippen LogP contribution >= 0.6 is 0 Å². The summed E-state index contributed by atoms with van der Waals surface area (Å²) in [5, 5.41) is 8.57. The molecular formula is C13H19N3O2S. The number of hydrogen-bond donors (Lipinski definition) is 2. The fourth-order valence-corrected chi connectivity index (χ4v) is 3.00. The zero-order valence-corrected chi connectivity index (χ0v) is 11.9. The van der Waals surface area contributed by atoms with E-state index in [4.69, 9.17) is 11.0 Å². The Balaban J connectivity index is 2.91. The van der Waals surface area contributed by atoms with Gasteiger partial charge in [0.1, 0.15) is 0 Å². The maximum atomic E-state index is 12.1. The molecule has 0 bridgehead atoms. The van der Waals surface area contributed by atoms with Crippen molar-refractivity contribution in [3.05, 3.63) is 29.8 Å². The lowest BCUT2D eigenvalue weighted by Crippen LogP contribution is -2.43. The Labute approximate surface area is 114 Å². The van der Waals surface area contributed by atoms with Gasteiger partial charge in [-0.3, -0.25) is 0 Å². The number of sulfonamides is 1. The summed E-state index contributed by atoms with van der Waals surface area (Å²) < 4.78 is 26.9. The summed E-state index contributed by atoms with van der Waals surface area (Å²) in [6.07, 6.45) is 0.269. The molecule has 1 aromatic carbocycles. The Kier molecular flexibility index (Phi) is 5.48. The fraction of sp³-hybridized carbons (Fsp3) is 0.462. The van der Waals surface area contributed by atoms with Crippen LogP contribution < -0.4 is 10.5 Å². The molecule has 0 saturated carbocycles. The second-order valence-electron chi connectivity index (χ2n) is 4.69. The zero-order valence-electron chi connectivity index (χ0n) is 11.1. The molecule has 0 aliphatic carbocycles. The van der Waals surface area contributed by atoms with Crippen LogP contribution in [-0.2, 0) is 16.4 Å². The first-order valence-electron chi connectivity index (χ1n) is 6.09. The highest BCUT2D eigenvalue weighted by molar-refractivity contribution is 7.89. The molecule has 0 fully saturated rings. The standard InChI is InChI=1S/C13H19N3O2S/c1-10(2)13(9-15)16-19(17,18)12-5-3-11(4-6-12)7-8-14/h3-6,10,13,16H,7,9,15H2,1-2H3. The summed E-state index contributed by atoms with van der Waals surface area (Å²) in [6.45, 7) is 4.08. The van der Waals surface area contributed by atoms with E-state index in [1.807, 2.05) is 19.9 Å². The molecule has 1 atom stereocenters. The minimum atomic E-state index is -3.56. The van der Waals surface area contributed by atoms with E-state index < -0.39 is 10.0 Å². The van der Waals surface area contributed by atoms with Gasteiger partial charge in [0, 0.05) is 12.6 Å². The van der Waals surface area contributed by atoms with Gasteiger partial charge in [0.15, 0.2) is 0 Å². The van der Waals surface area contributed by atoms with Gasteiger partial charge in [0.25, 0.3) is 0 Å². The molecule has 0 spiro atoms. The molecule has 0 aromatic heterocycles. The Hall–Kier alpha value is -1.42. The van der Waals surface area contributed by atoms with Crippen LogP contribution in [0.25, 0.3) is 0 Å². The predicted octanol–water partition coefficient (Wildman–Crippen LogP) is 1.01. The minimum Gasteiger partial charge on any atom is -0.329 e. The second-order valence-corrected chi connectivity index (χ2v) is 6.40. The number of nitrogens with two attached hydrogens (primary N) is 1. The van der Waals surface area contributed by atoms with Crippen molar-refractivity contribution in [2.45, 2.75) is 31.2 Å². The van der Waals surface area contributed by atoms with Gasteiger partial charge in [-0.2, -0.15) is 5.26 Å². The van der Waals surface area contributed by atoms with E-state index >= 15 is 0 Å². The van der Waals surface area contributed by atoms with E-state index in [1.54, 1.807) is 12.1 Å². The third kappa shape index (κ3) is 4.31. The van der Waals surface area contributed by atoms with Crippen molar-refractivity contribution >= 4 is 10.0 Å². The number of benzene rings is 1. The van der Waals surface area contributed by atoms with Gasteiger partial charge in [0.2, 0.25) is 10.0 Å². The third-order valence-electron chi connectivity index (χ3n) is 2.88. The van der Waals surface area contributed by atoms with Crippen LogP contribution in [-0.4, -0.2) is 21.0 Å². The molecule has 104 valence electrons. The fourth-order valence-electron chi connectivity index (χ4n) is 1.60. The molecule has 5 nitrogen and oxygen atoms in total. The van der Waals surface area contributed by atoms with E-state index in [9.17, 15) is 8.42 Å². The number of nitrogens with one attached hydrogen (secondary N) is 1. The maximum Gasteiger partial charge on any atom is 0.240 e. The lowest BCUT2D eigenvalue weighted by Gasteiger charge is -2.20. The largest absolute Gasteiger partial charge is 0.329 e. The number of nitriles is 1. The van der Waals surface area contributed by atoms with Gasteiger partial charge in [0.05, 0.1) is 17.4 Å². The minimum absolute atomic E-state index is 0.123. The van der Waals surface area contributed by atoms with Gasteiger partial charge in [-0.05, 0) is 23.6 Å². The molecule has 0 heterocycles. The van der Waals surface area contributed by atoms with E-state index in [0.717, 1.165) is 5.56 Å². The van der Waals surface area contributed by atoms with Crippen LogP contribution in [0.1, 0.15) is 19.4 Å². The first-order chi connectivity index (χ1) is 8.90. The Bertz CT molecular complexity index is 544. The number of nitrogens with zero attached hydrogens (tertiary/aromatic N) is 1. The molecule has 1 rings (SSSR count). The van der Waals surface area contributed by atoms with Crippen LogP contribution in [0.3, 0.4) is 0 Å². The highest BCUT2D eigenvalue weighted by atomic mass is 32.2. The lowest BCUT2D eigenvalue weighted by atomic mass is 10.1. The van der Waals surface area contributed by atoms with Crippen LogP contribution in [0.5, 0.6) is 0 Å². The van der Waals surface area contributed by atoms with Gasteiger partial charge >= 0.3 is 0 Å². The molecule has 0 aliphatic rings. The average Bonchev–Trinajstić information content (AvgIpc) is 2.37. The van der Waals surface area contributed by atoms with Crippen molar-refractivity contribution in [1.82, 2.24) is 4.72 Å². The van der Waals surface area contributed by atoms with E-state index in [0.29, 0.717) is 0 Å².